The summed E-state index contributed by atoms with van der Waals surface area (Å²) in [7, 11) is 0. The highest BCUT2D eigenvalue weighted by Gasteiger charge is 2.09. The van der Waals surface area contributed by atoms with Gasteiger partial charge in [-0.25, -0.2) is 4.98 Å². The summed E-state index contributed by atoms with van der Waals surface area (Å²) in [5, 5.41) is 0. The molecule has 0 radical (unpaired) electrons. The van der Waals surface area contributed by atoms with Crippen molar-refractivity contribution in [2.24, 2.45) is 0 Å². The molecule has 0 spiro atoms. The molecule has 72 valence electrons. The minimum absolute atomic E-state index is 0.0123. The summed E-state index contributed by atoms with van der Waals surface area (Å²) in [5.74, 6) is -0.0123. The van der Waals surface area contributed by atoms with Crippen LogP contribution in [-0.4, -0.2) is 25.8 Å². The molecule has 2 heterocycles. The van der Waals surface area contributed by atoms with Crippen molar-refractivity contribution in [1.29, 1.82) is 0 Å². The number of carbonyl (C=O) groups excluding carboxylic acids is 1. The Morgan fingerprint density at radius 2 is 2.43 bits per heavy atom. The lowest BCUT2D eigenvalue weighted by atomic mass is 10.5. The van der Waals surface area contributed by atoms with Crippen molar-refractivity contribution in [2.45, 2.75) is 6.54 Å². The van der Waals surface area contributed by atoms with E-state index in [0.717, 1.165) is 4.57 Å². The highest BCUT2D eigenvalue weighted by molar-refractivity contribution is 5.70. The van der Waals surface area contributed by atoms with E-state index in [0.29, 0.717) is 6.29 Å². The predicted octanol–water partition coefficient (Wildman–Crippen LogP) is -1.10. The number of hydrogen-bond acceptors (Lipinski definition) is 5. The average molecular weight is 193 g/mol. The third-order valence-corrected chi connectivity index (χ3v) is 1.83. The van der Waals surface area contributed by atoms with E-state index in [-0.39, 0.29) is 23.7 Å². The van der Waals surface area contributed by atoms with Crippen LogP contribution in [0.2, 0.25) is 0 Å². The molecule has 0 saturated heterocycles. The first-order chi connectivity index (χ1) is 6.74. The molecule has 0 aliphatic heterocycles. The van der Waals surface area contributed by atoms with Crippen LogP contribution in [0.15, 0.2) is 11.1 Å². The first kappa shape index (κ1) is 8.42. The molecule has 0 aliphatic carbocycles. The Bertz CT molecular complexity index is 540. The van der Waals surface area contributed by atoms with Gasteiger partial charge >= 0.3 is 0 Å². The monoisotopic (exact) mass is 193 g/mol. The molecule has 2 aromatic rings. The lowest BCUT2D eigenvalue weighted by molar-refractivity contribution is -0.108. The summed E-state index contributed by atoms with van der Waals surface area (Å²) in [6.45, 7) is -0.105. The number of rotatable bonds is 2. The minimum atomic E-state index is -0.392. The molecule has 2 aromatic heterocycles. The van der Waals surface area contributed by atoms with Gasteiger partial charge in [0.2, 0.25) is 5.95 Å². The molecule has 0 unspecified atom stereocenters. The molecule has 0 atom stereocenters. The molecule has 0 fully saturated rings. The Kier molecular flexibility index (Phi) is 1.77. The van der Waals surface area contributed by atoms with Crippen LogP contribution in [-0.2, 0) is 11.3 Å². The number of fused-ring (bicyclic) bond motifs is 1. The Labute approximate surface area is 77.6 Å². The highest BCUT2D eigenvalue weighted by Crippen LogP contribution is 2.02. The van der Waals surface area contributed by atoms with Crippen LogP contribution < -0.4 is 11.3 Å². The standard InChI is InChI=1S/C7H7N5O2/c8-7-11-5-4(9-3-10-5)6(14)12(7)1-2-13/h2-3H,1H2,(H2,8,11)(H,9,10). The lowest BCUT2D eigenvalue weighted by Gasteiger charge is -2.03. The molecule has 0 saturated carbocycles. The van der Waals surface area contributed by atoms with E-state index < -0.39 is 5.56 Å². The zero-order valence-electron chi connectivity index (χ0n) is 7.10. The summed E-state index contributed by atoms with van der Waals surface area (Å²) in [6.07, 6.45) is 1.94. The van der Waals surface area contributed by atoms with Crippen LogP contribution in [0.3, 0.4) is 0 Å². The van der Waals surface area contributed by atoms with Gasteiger partial charge in [-0.2, -0.15) is 4.98 Å². The van der Waals surface area contributed by atoms with Gasteiger partial charge in [0, 0.05) is 0 Å². The van der Waals surface area contributed by atoms with Crippen molar-refractivity contribution in [2.75, 3.05) is 5.73 Å². The Morgan fingerprint density at radius 1 is 1.64 bits per heavy atom. The maximum absolute atomic E-state index is 11.6. The van der Waals surface area contributed by atoms with Gasteiger partial charge in [-0.1, -0.05) is 0 Å². The van der Waals surface area contributed by atoms with Crippen molar-refractivity contribution in [1.82, 2.24) is 19.5 Å². The molecule has 3 N–H and O–H groups in total. The number of H-pyrrole nitrogens is 1. The number of aldehydes is 1. The number of hydrogen-bond donors (Lipinski definition) is 2. The number of nitrogens with one attached hydrogen (secondary N) is 1. The predicted molar refractivity (Wildman–Crippen MR) is 48.6 cm³/mol. The molecule has 2 rings (SSSR count). The topological polar surface area (TPSA) is 107 Å². The SMILES string of the molecule is Nc1nc2nc[nH]c2c(=O)n1CC=O. The van der Waals surface area contributed by atoms with Gasteiger partial charge in [0.1, 0.15) is 6.29 Å². The molecule has 0 bridgehead atoms. The van der Waals surface area contributed by atoms with Crippen molar-refractivity contribution in [3.63, 3.8) is 0 Å². The van der Waals surface area contributed by atoms with E-state index in [9.17, 15) is 9.59 Å². The summed E-state index contributed by atoms with van der Waals surface area (Å²) >= 11 is 0. The van der Waals surface area contributed by atoms with Crippen molar-refractivity contribution >= 4 is 23.4 Å². The molecular weight excluding hydrogens is 186 g/mol. The van der Waals surface area contributed by atoms with Crippen LogP contribution in [0.4, 0.5) is 5.95 Å². The van der Waals surface area contributed by atoms with Gasteiger partial charge in [-0.15, -0.1) is 0 Å². The molecule has 0 aliphatic rings. The summed E-state index contributed by atoms with van der Waals surface area (Å²) in [6, 6.07) is 0. The van der Waals surface area contributed by atoms with E-state index in [4.69, 9.17) is 5.73 Å². The van der Waals surface area contributed by atoms with Crippen LogP contribution in [0, 0.1) is 0 Å². The number of aromatic amines is 1. The largest absolute Gasteiger partial charge is 0.369 e. The second-order valence-electron chi connectivity index (χ2n) is 2.65. The number of anilines is 1. The van der Waals surface area contributed by atoms with Gasteiger partial charge in [-0.05, 0) is 0 Å². The maximum Gasteiger partial charge on any atom is 0.281 e. The van der Waals surface area contributed by atoms with E-state index >= 15 is 0 Å². The van der Waals surface area contributed by atoms with Gasteiger partial charge < -0.3 is 15.5 Å². The fraction of sp³-hybridized carbons (Fsp3) is 0.143. The second-order valence-corrected chi connectivity index (χ2v) is 2.65. The second kappa shape index (κ2) is 2.95. The smallest absolute Gasteiger partial charge is 0.281 e. The van der Waals surface area contributed by atoms with Gasteiger partial charge in [-0.3, -0.25) is 9.36 Å². The van der Waals surface area contributed by atoms with E-state index in [1.54, 1.807) is 0 Å². The molecule has 7 heteroatoms. The number of imidazole rings is 1. The first-order valence-electron chi connectivity index (χ1n) is 3.87. The maximum atomic E-state index is 11.6. The molecule has 14 heavy (non-hydrogen) atoms. The van der Waals surface area contributed by atoms with Gasteiger partial charge in [0.05, 0.1) is 12.9 Å². The van der Waals surface area contributed by atoms with E-state index in [2.05, 4.69) is 15.0 Å². The average Bonchev–Trinajstić information content (AvgIpc) is 2.60. The van der Waals surface area contributed by atoms with Crippen LogP contribution in [0.25, 0.3) is 11.2 Å². The number of carbonyl (C=O) groups is 1. The Morgan fingerprint density at radius 3 is 3.14 bits per heavy atom. The van der Waals surface area contributed by atoms with Gasteiger partial charge in [0.15, 0.2) is 11.2 Å². The minimum Gasteiger partial charge on any atom is -0.369 e. The molecular formula is C7H7N5O2. The summed E-state index contributed by atoms with van der Waals surface area (Å²) in [4.78, 5) is 32.2. The number of nitrogens with zero attached hydrogens (tertiary/aromatic N) is 3. The summed E-state index contributed by atoms with van der Waals surface area (Å²) in [5.41, 5.74) is 5.59. The number of nitrogen functional groups attached to an aromatic ring is 1. The fourth-order valence-corrected chi connectivity index (χ4v) is 1.19. The van der Waals surface area contributed by atoms with Crippen molar-refractivity contribution < 1.29 is 4.79 Å². The molecule has 7 nitrogen and oxygen atoms in total. The highest BCUT2D eigenvalue weighted by atomic mass is 16.1. The Hall–Kier alpha value is -2.18. The number of aromatic nitrogens is 4. The zero-order chi connectivity index (χ0) is 10.1. The normalized spacial score (nSPS) is 10.6. The first-order valence-corrected chi connectivity index (χ1v) is 3.87. The third-order valence-electron chi connectivity index (χ3n) is 1.83. The van der Waals surface area contributed by atoms with Crippen molar-refractivity contribution in [3.8, 4) is 0 Å². The molecule has 0 aromatic carbocycles. The number of nitrogens with two attached hydrogens (primary N) is 1. The van der Waals surface area contributed by atoms with Crippen molar-refractivity contribution in [3.05, 3.63) is 16.7 Å². The lowest BCUT2D eigenvalue weighted by Crippen LogP contribution is -2.25. The molecule has 0 amide bonds. The third kappa shape index (κ3) is 1.06. The van der Waals surface area contributed by atoms with Gasteiger partial charge in [0.25, 0.3) is 5.56 Å². The van der Waals surface area contributed by atoms with Crippen LogP contribution in [0.1, 0.15) is 0 Å². The van der Waals surface area contributed by atoms with Crippen LogP contribution >= 0.6 is 0 Å². The zero-order valence-corrected chi connectivity index (χ0v) is 7.10. The van der Waals surface area contributed by atoms with E-state index in [1.165, 1.54) is 6.33 Å². The van der Waals surface area contributed by atoms with Crippen LogP contribution in [0.5, 0.6) is 0 Å². The fourth-order valence-electron chi connectivity index (χ4n) is 1.19. The Balaban J connectivity index is 2.82. The van der Waals surface area contributed by atoms with E-state index in [1.807, 2.05) is 0 Å². The quantitative estimate of drug-likeness (QED) is 0.589. The summed E-state index contributed by atoms with van der Waals surface area (Å²) < 4.78 is 1.08.